The maximum absolute atomic E-state index is 10.2. The third kappa shape index (κ3) is 3.81. The molecule has 0 saturated heterocycles. The maximum atomic E-state index is 10.2. The largest absolute Gasteiger partial charge is 0.486 e. The van der Waals surface area contributed by atoms with Crippen LogP contribution in [0.1, 0.15) is 24.4 Å². The van der Waals surface area contributed by atoms with E-state index in [4.69, 9.17) is 9.26 Å². The van der Waals surface area contributed by atoms with E-state index in [0.29, 0.717) is 17.9 Å². The molecule has 2 aromatic carbocycles. The van der Waals surface area contributed by atoms with Crippen molar-refractivity contribution < 1.29 is 18.8 Å². The first-order chi connectivity index (χ1) is 11.8. The Balaban J connectivity index is 1.67. The van der Waals surface area contributed by atoms with Gasteiger partial charge in [0.1, 0.15) is 17.5 Å². The molecule has 0 spiro atoms. The van der Waals surface area contributed by atoms with Crippen molar-refractivity contribution in [2.75, 3.05) is 0 Å². The molecule has 3 aromatic rings. The number of carbonyl (C=O) groups excluding carboxylic acids is 1. The molecule has 122 valence electrons. The normalized spacial score (nSPS) is 11.7. The third-order valence-electron chi connectivity index (χ3n) is 3.58. The molecular weight excluding hydrogens is 306 g/mol. The van der Waals surface area contributed by atoms with Crippen molar-refractivity contribution in [3.8, 4) is 17.0 Å². The van der Waals surface area contributed by atoms with Crippen LogP contribution in [0.25, 0.3) is 11.3 Å². The zero-order chi connectivity index (χ0) is 16.8. The van der Waals surface area contributed by atoms with Gasteiger partial charge in [-0.1, -0.05) is 35.5 Å². The van der Waals surface area contributed by atoms with Crippen LogP contribution in [-0.4, -0.2) is 11.6 Å². The van der Waals surface area contributed by atoms with Crippen LogP contribution in [0.2, 0.25) is 0 Å². The molecule has 24 heavy (non-hydrogen) atoms. The Morgan fingerprint density at radius 2 is 1.88 bits per heavy atom. The van der Waals surface area contributed by atoms with Gasteiger partial charge in [0.25, 0.3) is 6.47 Å². The molecule has 1 atom stereocenters. The van der Waals surface area contributed by atoms with E-state index in [1.807, 2.05) is 61.5 Å². The quantitative estimate of drug-likeness (QED) is 0.611. The summed E-state index contributed by atoms with van der Waals surface area (Å²) in [6.07, 6.45) is -0.0313. The fourth-order valence-corrected chi connectivity index (χ4v) is 2.33. The summed E-state index contributed by atoms with van der Waals surface area (Å²) in [7, 11) is 0. The maximum Gasteiger partial charge on any atom is 0.293 e. The molecule has 0 fully saturated rings. The van der Waals surface area contributed by atoms with Gasteiger partial charge in [0.05, 0.1) is 0 Å². The SMILES string of the molecule is CC(Oc1ccc(-c2cc(COC=O)on2)cc1)c1ccccc1. The van der Waals surface area contributed by atoms with E-state index in [0.717, 1.165) is 16.9 Å². The fraction of sp³-hybridized carbons (Fsp3) is 0.158. The van der Waals surface area contributed by atoms with Gasteiger partial charge in [-0.25, -0.2) is 0 Å². The van der Waals surface area contributed by atoms with Crippen LogP contribution < -0.4 is 4.74 Å². The molecule has 1 heterocycles. The average molecular weight is 323 g/mol. The topological polar surface area (TPSA) is 61.6 Å². The molecule has 0 bridgehead atoms. The predicted molar refractivity (Wildman–Crippen MR) is 88.3 cm³/mol. The first kappa shape index (κ1) is 15.8. The van der Waals surface area contributed by atoms with Crippen LogP contribution in [0.4, 0.5) is 0 Å². The Morgan fingerprint density at radius 1 is 1.12 bits per heavy atom. The van der Waals surface area contributed by atoms with E-state index < -0.39 is 0 Å². The fourth-order valence-electron chi connectivity index (χ4n) is 2.33. The molecule has 1 unspecified atom stereocenters. The highest BCUT2D eigenvalue weighted by atomic mass is 16.5. The second kappa shape index (κ2) is 7.46. The summed E-state index contributed by atoms with van der Waals surface area (Å²) in [5, 5.41) is 3.97. The molecule has 0 aliphatic rings. The van der Waals surface area contributed by atoms with Crippen molar-refractivity contribution in [2.45, 2.75) is 19.6 Å². The lowest BCUT2D eigenvalue weighted by Gasteiger charge is -2.15. The van der Waals surface area contributed by atoms with E-state index in [1.165, 1.54) is 0 Å². The number of benzene rings is 2. The Kier molecular flexibility index (Phi) is 4.91. The monoisotopic (exact) mass is 323 g/mol. The van der Waals surface area contributed by atoms with Gasteiger partial charge in [-0.2, -0.15) is 0 Å². The lowest BCUT2D eigenvalue weighted by molar-refractivity contribution is -0.130. The van der Waals surface area contributed by atoms with Gasteiger partial charge in [-0.15, -0.1) is 0 Å². The first-order valence-corrected chi connectivity index (χ1v) is 7.59. The van der Waals surface area contributed by atoms with Crippen LogP contribution in [0.15, 0.2) is 65.2 Å². The van der Waals surface area contributed by atoms with Crippen LogP contribution in [0, 0.1) is 0 Å². The van der Waals surface area contributed by atoms with Gasteiger partial charge in [0, 0.05) is 11.6 Å². The summed E-state index contributed by atoms with van der Waals surface area (Å²) in [4.78, 5) is 10.2. The standard InChI is InChI=1S/C19H17NO4/c1-14(15-5-3-2-4-6-15)23-17-9-7-16(8-10-17)19-11-18(24-20-19)12-22-13-21/h2-11,13-14H,12H2,1H3. The highest BCUT2D eigenvalue weighted by Gasteiger charge is 2.09. The van der Waals surface area contributed by atoms with Crippen LogP contribution in [0.3, 0.4) is 0 Å². The van der Waals surface area contributed by atoms with E-state index in [2.05, 4.69) is 9.89 Å². The number of ether oxygens (including phenoxy) is 2. The number of carbonyl (C=O) groups is 1. The predicted octanol–water partition coefficient (Wildman–Crippen LogP) is 4.15. The van der Waals surface area contributed by atoms with E-state index in [1.54, 1.807) is 6.07 Å². The van der Waals surface area contributed by atoms with Crippen LogP contribution >= 0.6 is 0 Å². The summed E-state index contributed by atoms with van der Waals surface area (Å²) >= 11 is 0. The summed E-state index contributed by atoms with van der Waals surface area (Å²) in [5.41, 5.74) is 2.70. The number of nitrogens with zero attached hydrogens (tertiary/aromatic N) is 1. The van der Waals surface area contributed by atoms with Gasteiger partial charge in [0.15, 0.2) is 12.4 Å². The van der Waals surface area contributed by atoms with Gasteiger partial charge >= 0.3 is 0 Å². The zero-order valence-corrected chi connectivity index (χ0v) is 13.2. The highest BCUT2D eigenvalue weighted by Crippen LogP contribution is 2.25. The molecule has 0 saturated carbocycles. The van der Waals surface area contributed by atoms with Crippen molar-refractivity contribution in [1.29, 1.82) is 0 Å². The molecular formula is C19H17NO4. The summed E-state index contributed by atoms with van der Waals surface area (Å²) in [6.45, 7) is 2.47. The number of aromatic nitrogens is 1. The minimum Gasteiger partial charge on any atom is -0.486 e. The number of hydrogen-bond acceptors (Lipinski definition) is 5. The minimum atomic E-state index is -0.0313. The second-order valence-electron chi connectivity index (χ2n) is 5.28. The molecule has 0 aliphatic heterocycles. The van der Waals surface area contributed by atoms with Crippen molar-refractivity contribution in [2.24, 2.45) is 0 Å². The van der Waals surface area contributed by atoms with Crippen molar-refractivity contribution in [3.05, 3.63) is 72.0 Å². The van der Waals surface area contributed by atoms with E-state index in [-0.39, 0.29) is 12.7 Å². The summed E-state index contributed by atoms with van der Waals surface area (Å²) < 4.78 is 15.7. The molecule has 0 N–H and O–H groups in total. The van der Waals surface area contributed by atoms with Gasteiger partial charge in [-0.05, 0) is 36.8 Å². The average Bonchev–Trinajstić information content (AvgIpc) is 3.10. The molecule has 5 nitrogen and oxygen atoms in total. The number of hydrogen-bond donors (Lipinski definition) is 0. The van der Waals surface area contributed by atoms with Gasteiger partial charge in [0.2, 0.25) is 0 Å². The lowest BCUT2D eigenvalue weighted by Crippen LogP contribution is -2.02. The van der Waals surface area contributed by atoms with Crippen molar-refractivity contribution in [3.63, 3.8) is 0 Å². The lowest BCUT2D eigenvalue weighted by atomic mass is 10.1. The van der Waals surface area contributed by atoms with Crippen LogP contribution in [0.5, 0.6) is 5.75 Å². The summed E-state index contributed by atoms with van der Waals surface area (Å²) in [5.74, 6) is 1.28. The third-order valence-corrected chi connectivity index (χ3v) is 3.58. The Bertz CT molecular complexity index is 781. The molecule has 0 radical (unpaired) electrons. The smallest absolute Gasteiger partial charge is 0.293 e. The first-order valence-electron chi connectivity index (χ1n) is 7.59. The Morgan fingerprint density at radius 3 is 2.58 bits per heavy atom. The van der Waals surface area contributed by atoms with E-state index >= 15 is 0 Å². The zero-order valence-electron chi connectivity index (χ0n) is 13.2. The minimum absolute atomic E-state index is 0.0313. The van der Waals surface area contributed by atoms with Gasteiger partial charge in [-0.3, -0.25) is 4.79 Å². The second-order valence-corrected chi connectivity index (χ2v) is 5.28. The summed E-state index contributed by atoms with van der Waals surface area (Å²) in [6, 6.07) is 19.4. The Hall–Kier alpha value is -3.08. The van der Waals surface area contributed by atoms with Crippen molar-refractivity contribution in [1.82, 2.24) is 5.16 Å². The van der Waals surface area contributed by atoms with Crippen LogP contribution in [-0.2, 0) is 16.1 Å². The Labute approximate surface area is 139 Å². The van der Waals surface area contributed by atoms with Gasteiger partial charge < -0.3 is 14.0 Å². The molecule has 0 aliphatic carbocycles. The highest BCUT2D eigenvalue weighted by molar-refractivity contribution is 5.59. The molecule has 3 rings (SSSR count). The van der Waals surface area contributed by atoms with Crippen molar-refractivity contribution >= 4 is 6.47 Å². The number of rotatable bonds is 7. The molecule has 0 amide bonds. The van der Waals surface area contributed by atoms with E-state index in [9.17, 15) is 4.79 Å². The molecule has 5 heteroatoms. The molecule has 1 aromatic heterocycles.